The molecule has 1 saturated heterocycles. The van der Waals surface area contributed by atoms with Crippen molar-refractivity contribution < 1.29 is 9.47 Å². The molecule has 0 aliphatic carbocycles. The highest BCUT2D eigenvalue weighted by molar-refractivity contribution is 5.85. The molecule has 5 nitrogen and oxygen atoms in total. The molecule has 2 aromatic rings. The molecule has 1 fully saturated rings. The Morgan fingerprint density at radius 3 is 2.70 bits per heavy atom. The summed E-state index contributed by atoms with van der Waals surface area (Å²) in [6, 6.07) is 5.99. The lowest BCUT2D eigenvalue weighted by atomic mass is 9.81. The summed E-state index contributed by atoms with van der Waals surface area (Å²) in [7, 11) is 3.67. The van der Waals surface area contributed by atoms with Gasteiger partial charge in [-0.15, -0.1) is 24.8 Å². The van der Waals surface area contributed by atoms with Gasteiger partial charge in [0.05, 0.1) is 19.0 Å². The molecule has 7 heteroatoms. The number of hydrogen-bond acceptors (Lipinski definition) is 4. The van der Waals surface area contributed by atoms with Crippen molar-refractivity contribution in [3.8, 4) is 22.8 Å². The Kier molecular flexibility index (Phi) is 5.14. The third kappa shape index (κ3) is 2.67. The summed E-state index contributed by atoms with van der Waals surface area (Å²) in [6.45, 7) is 1.94. The van der Waals surface area contributed by atoms with Gasteiger partial charge in [0, 0.05) is 31.0 Å². The summed E-state index contributed by atoms with van der Waals surface area (Å²) in [5.74, 6) is 1.76. The van der Waals surface area contributed by atoms with Crippen LogP contribution in [0.1, 0.15) is 18.4 Å². The summed E-state index contributed by atoms with van der Waals surface area (Å²) in [6.07, 6.45) is 3.90. The molecule has 126 valence electrons. The van der Waals surface area contributed by atoms with Crippen molar-refractivity contribution in [1.82, 2.24) is 15.1 Å². The van der Waals surface area contributed by atoms with Crippen molar-refractivity contribution in [1.29, 1.82) is 0 Å². The number of fused-ring (bicyclic) bond motifs is 4. The largest absolute Gasteiger partial charge is 0.497 e. The maximum atomic E-state index is 6.45. The summed E-state index contributed by atoms with van der Waals surface area (Å²) in [4.78, 5) is 0. The van der Waals surface area contributed by atoms with E-state index in [1.165, 1.54) is 5.56 Å². The fraction of sp³-hybridized carbons (Fsp3) is 0.438. The van der Waals surface area contributed by atoms with Crippen LogP contribution < -0.4 is 14.8 Å². The lowest BCUT2D eigenvalue weighted by Crippen LogP contribution is -2.45. The Balaban J connectivity index is 0.000000960. The number of aryl methyl sites for hydroxylation is 1. The second-order valence-corrected chi connectivity index (χ2v) is 5.74. The summed E-state index contributed by atoms with van der Waals surface area (Å²) in [5.41, 5.74) is 3.17. The fourth-order valence-corrected chi connectivity index (χ4v) is 3.47. The van der Waals surface area contributed by atoms with Crippen molar-refractivity contribution in [3.05, 3.63) is 30.0 Å². The number of piperidine rings is 1. The standard InChI is InChI=1S/C16H19N3O2.2ClH/c1-19-15-12-9-11(20-2)3-4-14(12)21-16(13(15)10-18-19)5-7-17-8-6-16;;/h3-4,9-10,17H,5-8H2,1-2H3;2*1H. The molecule has 1 spiro atoms. The van der Waals surface area contributed by atoms with Gasteiger partial charge in [-0.05, 0) is 31.3 Å². The zero-order chi connectivity index (χ0) is 14.4. The number of rotatable bonds is 1. The number of ether oxygens (including phenoxy) is 2. The zero-order valence-corrected chi connectivity index (χ0v) is 14.8. The molecule has 2 aliphatic heterocycles. The first-order valence-corrected chi connectivity index (χ1v) is 7.34. The normalized spacial score (nSPS) is 17.1. The average molecular weight is 358 g/mol. The maximum absolute atomic E-state index is 6.45. The van der Waals surface area contributed by atoms with Gasteiger partial charge in [0.15, 0.2) is 0 Å². The predicted molar refractivity (Wildman–Crippen MR) is 94.1 cm³/mol. The van der Waals surface area contributed by atoms with E-state index in [1.807, 2.05) is 36.1 Å². The van der Waals surface area contributed by atoms with E-state index in [9.17, 15) is 0 Å². The molecule has 23 heavy (non-hydrogen) atoms. The molecule has 4 rings (SSSR count). The van der Waals surface area contributed by atoms with Crippen LogP contribution in [0.2, 0.25) is 0 Å². The number of methoxy groups -OCH3 is 1. The Morgan fingerprint density at radius 1 is 1.26 bits per heavy atom. The van der Waals surface area contributed by atoms with Crippen molar-refractivity contribution in [2.75, 3.05) is 20.2 Å². The van der Waals surface area contributed by atoms with E-state index < -0.39 is 0 Å². The molecule has 0 saturated carbocycles. The first-order chi connectivity index (χ1) is 10.2. The second-order valence-electron chi connectivity index (χ2n) is 5.74. The minimum Gasteiger partial charge on any atom is -0.497 e. The molecule has 1 aromatic heterocycles. The van der Waals surface area contributed by atoms with Gasteiger partial charge in [0.2, 0.25) is 0 Å². The maximum Gasteiger partial charge on any atom is 0.140 e. The highest BCUT2D eigenvalue weighted by atomic mass is 35.5. The number of nitrogens with zero attached hydrogens (tertiary/aromatic N) is 2. The van der Waals surface area contributed by atoms with Gasteiger partial charge in [0.25, 0.3) is 0 Å². The third-order valence-electron chi connectivity index (χ3n) is 4.59. The van der Waals surface area contributed by atoms with Gasteiger partial charge in [-0.2, -0.15) is 5.10 Å². The van der Waals surface area contributed by atoms with Crippen LogP contribution in [-0.2, 0) is 12.6 Å². The van der Waals surface area contributed by atoms with E-state index in [0.717, 1.165) is 48.7 Å². The minimum atomic E-state index is -0.240. The van der Waals surface area contributed by atoms with Crippen LogP contribution >= 0.6 is 24.8 Å². The Hall–Kier alpha value is -1.43. The molecule has 0 bridgehead atoms. The van der Waals surface area contributed by atoms with E-state index in [4.69, 9.17) is 9.47 Å². The second kappa shape index (κ2) is 6.59. The van der Waals surface area contributed by atoms with Gasteiger partial charge < -0.3 is 14.8 Å². The molecule has 1 N–H and O–H groups in total. The number of aromatic nitrogens is 2. The van der Waals surface area contributed by atoms with Crippen LogP contribution in [-0.4, -0.2) is 30.0 Å². The number of benzene rings is 1. The predicted octanol–water partition coefficient (Wildman–Crippen LogP) is 2.91. The lowest BCUT2D eigenvalue weighted by Gasteiger charge is -2.41. The van der Waals surface area contributed by atoms with Crippen molar-refractivity contribution in [3.63, 3.8) is 0 Å². The molecular weight excluding hydrogens is 337 g/mol. The van der Waals surface area contributed by atoms with E-state index >= 15 is 0 Å². The zero-order valence-electron chi connectivity index (χ0n) is 13.2. The lowest BCUT2D eigenvalue weighted by molar-refractivity contribution is 0.0306. The molecule has 2 aliphatic rings. The Bertz CT molecular complexity index is 697. The van der Waals surface area contributed by atoms with E-state index in [1.54, 1.807) is 7.11 Å². The highest BCUT2D eigenvalue weighted by Gasteiger charge is 2.43. The van der Waals surface area contributed by atoms with Crippen molar-refractivity contribution >= 4 is 24.8 Å². The molecule has 1 aromatic carbocycles. The van der Waals surface area contributed by atoms with Crippen LogP contribution in [0.3, 0.4) is 0 Å². The molecular formula is C16H21Cl2N3O2. The molecule has 0 radical (unpaired) electrons. The van der Waals surface area contributed by atoms with E-state index in [2.05, 4.69) is 10.4 Å². The molecule has 0 atom stereocenters. The van der Waals surface area contributed by atoms with Crippen LogP contribution in [0.15, 0.2) is 24.4 Å². The van der Waals surface area contributed by atoms with Gasteiger partial charge in [-0.25, -0.2) is 0 Å². The smallest absolute Gasteiger partial charge is 0.140 e. The monoisotopic (exact) mass is 357 g/mol. The van der Waals surface area contributed by atoms with Crippen molar-refractivity contribution in [2.45, 2.75) is 18.4 Å². The fourth-order valence-electron chi connectivity index (χ4n) is 3.47. The number of nitrogens with one attached hydrogen (secondary N) is 1. The van der Waals surface area contributed by atoms with E-state index in [-0.39, 0.29) is 30.4 Å². The van der Waals surface area contributed by atoms with Gasteiger partial charge in [0.1, 0.15) is 17.1 Å². The number of hydrogen-bond donors (Lipinski definition) is 1. The van der Waals surface area contributed by atoms with E-state index in [0.29, 0.717) is 0 Å². The van der Waals surface area contributed by atoms with Crippen LogP contribution in [0.5, 0.6) is 11.5 Å². The average Bonchev–Trinajstić information content (AvgIpc) is 2.91. The first kappa shape index (κ1) is 17.9. The topological polar surface area (TPSA) is 48.3 Å². The van der Waals surface area contributed by atoms with Crippen LogP contribution in [0.4, 0.5) is 0 Å². The van der Waals surface area contributed by atoms with Crippen molar-refractivity contribution in [2.24, 2.45) is 7.05 Å². The third-order valence-corrected chi connectivity index (χ3v) is 4.59. The Morgan fingerprint density at radius 2 is 2.00 bits per heavy atom. The van der Waals surface area contributed by atoms with Crippen LogP contribution in [0.25, 0.3) is 11.3 Å². The number of halogens is 2. The molecule has 0 amide bonds. The van der Waals surface area contributed by atoms with Gasteiger partial charge in [-0.1, -0.05) is 0 Å². The SMILES string of the molecule is COc1ccc2c(c1)-c1c(cnn1C)C1(CCNCC1)O2.Cl.Cl. The van der Waals surface area contributed by atoms with Crippen LogP contribution in [0, 0.1) is 0 Å². The summed E-state index contributed by atoms with van der Waals surface area (Å²) < 4.78 is 13.7. The molecule has 3 heterocycles. The minimum absolute atomic E-state index is 0. The quantitative estimate of drug-likeness (QED) is 0.852. The highest BCUT2D eigenvalue weighted by Crippen LogP contribution is 2.49. The molecule has 0 unspecified atom stereocenters. The Labute approximate surface area is 148 Å². The first-order valence-electron chi connectivity index (χ1n) is 7.34. The summed E-state index contributed by atoms with van der Waals surface area (Å²) in [5, 5.41) is 7.89. The summed E-state index contributed by atoms with van der Waals surface area (Å²) >= 11 is 0. The van der Waals surface area contributed by atoms with Gasteiger partial charge in [-0.3, -0.25) is 4.68 Å². The van der Waals surface area contributed by atoms with Gasteiger partial charge >= 0.3 is 0 Å².